The number of hydrogen-bond acceptors (Lipinski definition) is 4. The number of carbonyl (C=O) groups is 1. The molecule has 0 saturated heterocycles. The molecule has 0 aliphatic rings. The minimum Gasteiger partial charge on any atom is -0.337 e. The van der Waals surface area contributed by atoms with Gasteiger partial charge in [-0.05, 0) is 26.3 Å². The lowest BCUT2D eigenvalue weighted by atomic mass is 10.1. The van der Waals surface area contributed by atoms with Crippen LogP contribution in [0.2, 0.25) is 0 Å². The van der Waals surface area contributed by atoms with Gasteiger partial charge in [-0.25, -0.2) is 0 Å². The molecule has 1 heterocycles. The van der Waals surface area contributed by atoms with Gasteiger partial charge >= 0.3 is 5.69 Å². The molecule has 0 radical (unpaired) electrons. The maximum absolute atomic E-state index is 12.5. The maximum Gasteiger partial charge on any atom is 0.312 e. The monoisotopic (exact) mass is 316 g/mol. The number of nitrogens with zero attached hydrogens (tertiary/aromatic N) is 4. The summed E-state index contributed by atoms with van der Waals surface area (Å²) in [6.07, 6.45) is 0. The van der Waals surface area contributed by atoms with Gasteiger partial charge in [-0.2, -0.15) is 5.10 Å². The fourth-order valence-electron chi connectivity index (χ4n) is 2.52. The Hall–Kier alpha value is -2.70. The predicted molar refractivity (Wildman–Crippen MR) is 86.0 cm³/mol. The standard InChI is InChI=1S/C16H20N4O3/c1-11-16(20(22)23)13(3)19(17-11)10-15(21)18(4)12(2)14-8-6-5-7-9-14/h5-9,12H,10H2,1-4H3/t12-/m1/s1. The highest BCUT2D eigenvalue weighted by Gasteiger charge is 2.24. The zero-order valence-electron chi connectivity index (χ0n) is 13.7. The second-order valence-corrected chi connectivity index (χ2v) is 5.53. The van der Waals surface area contributed by atoms with Crippen LogP contribution in [-0.2, 0) is 11.3 Å². The van der Waals surface area contributed by atoms with Crippen LogP contribution in [0.15, 0.2) is 30.3 Å². The first-order chi connectivity index (χ1) is 10.8. The molecule has 0 fully saturated rings. The van der Waals surface area contributed by atoms with Crippen LogP contribution in [0.4, 0.5) is 5.69 Å². The van der Waals surface area contributed by atoms with Gasteiger partial charge in [0.2, 0.25) is 5.91 Å². The number of carbonyl (C=O) groups excluding carboxylic acids is 1. The van der Waals surface area contributed by atoms with Gasteiger partial charge in [0.15, 0.2) is 0 Å². The summed E-state index contributed by atoms with van der Waals surface area (Å²) in [5.41, 5.74) is 1.71. The topological polar surface area (TPSA) is 81.3 Å². The number of benzene rings is 1. The molecule has 1 aromatic carbocycles. The first kappa shape index (κ1) is 16.7. The molecule has 23 heavy (non-hydrogen) atoms. The van der Waals surface area contributed by atoms with E-state index in [2.05, 4.69) is 5.10 Å². The molecule has 1 aromatic heterocycles. The summed E-state index contributed by atoms with van der Waals surface area (Å²) in [7, 11) is 1.72. The third-order valence-corrected chi connectivity index (χ3v) is 4.07. The van der Waals surface area contributed by atoms with E-state index in [0.717, 1.165) is 5.56 Å². The molecule has 0 saturated carbocycles. The number of rotatable bonds is 5. The van der Waals surface area contributed by atoms with Crippen LogP contribution in [0.5, 0.6) is 0 Å². The van der Waals surface area contributed by atoms with E-state index in [1.54, 1.807) is 25.8 Å². The van der Waals surface area contributed by atoms with Crippen LogP contribution in [0.3, 0.4) is 0 Å². The smallest absolute Gasteiger partial charge is 0.312 e. The number of aromatic nitrogens is 2. The van der Waals surface area contributed by atoms with Crippen LogP contribution in [0, 0.1) is 24.0 Å². The molecule has 2 aromatic rings. The Labute approximate surface area is 134 Å². The summed E-state index contributed by atoms with van der Waals surface area (Å²) < 4.78 is 1.39. The number of aryl methyl sites for hydroxylation is 1. The van der Waals surface area contributed by atoms with Crippen molar-refractivity contribution >= 4 is 11.6 Å². The van der Waals surface area contributed by atoms with Crippen molar-refractivity contribution < 1.29 is 9.72 Å². The molecule has 1 amide bonds. The number of amides is 1. The van der Waals surface area contributed by atoms with Crippen molar-refractivity contribution in [1.82, 2.24) is 14.7 Å². The fourth-order valence-corrected chi connectivity index (χ4v) is 2.52. The van der Waals surface area contributed by atoms with E-state index < -0.39 is 4.92 Å². The summed E-state index contributed by atoms with van der Waals surface area (Å²) in [5.74, 6) is -0.151. The van der Waals surface area contributed by atoms with Crippen molar-refractivity contribution in [3.8, 4) is 0 Å². The Morgan fingerprint density at radius 3 is 2.48 bits per heavy atom. The molecular weight excluding hydrogens is 296 g/mol. The highest BCUT2D eigenvalue weighted by Crippen LogP contribution is 2.23. The Bertz CT molecular complexity index is 724. The van der Waals surface area contributed by atoms with Crippen LogP contribution in [-0.4, -0.2) is 32.6 Å². The minimum absolute atomic E-state index is 0.0197. The quantitative estimate of drug-likeness (QED) is 0.627. The second kappa shape index (κ2) is 6.60. The van der Waals surface area contributed by atoms with Crippen molar-refractivity contribution in [1.29, 1.82) is 0 Å². The molecule has 2 rings (SSSR count). The minimum atomic E-state index is -0.463. The lowest BCUT2D eigenvalue weighted by Gasteiger charge is -2.25. The summed E-state index contributed by atoms with van der Waals surface area (Å²) in [6, 6.07) is 9.61. The molecule has 7 nitrogen and oxygen atoms in total. The van der Waals surface area contributed by atoms with E-state index in [4.69, 9.17) is 0 Å². The summed E-state index contributed by atoms with van der Waals surface area (Å²) in [5, 5.41) is 15.1. The maximum atomic E-state index is 12.5. The highest BCUT2D eigenvalue weighted by molar-refractivity contribution is 5.76. The Morgan fingerprint density at radius 2 is 1.96 bits per heavy atom. The van der Waals surface area contributed by atoms with Crippen molar-refractivity contribution in [2.45, 2.75) is 33.4 Å². The third-order valence-electron chi connectivity index (χ3n) is 4.07. The van der Waals surface area contributed by atoms with E-state index in [-0.39, 0.29) is 24.2 Å². The molecule has 0 bridgehead atoms. The normalized spacial score (nSPS) is 12.0. The molecular formula is C16H20N4O3. The zero-order chi connectivity index (χ0) is 17.1. The molecule has 0 aliphatic carbocycles. The zero-order valence-corrected chi connectivity index (χ0v) is 13.7. The lowest BCUT2D eigenvalue weighted by molar-refractivity contribution is -0.386. The van der Waals surface area contributed by atoms with Gasteiger partial charge in [0.25, 0.3) is 0 Å². The van der Waals surface area contributed by atoms with Crippen molar-refractivity contribution in [3.05, 3.63) is 57.4 Å². The summed E-state index contributed by atoms with van der Waals surface area (Å²) in [6.45, 7) is 5.10. The largest absolute Gasteiger partial charge is 0.337 e. The Morgan fingerprint density at radius 1 is 1.35 bits per heavy atom. The molecule has 0 unspecified atom stereocenters. The van der Waals surface area contributed by atoms with Gasteiger partial charge in [-0.3, -0.25) is 19.6 Å². The average molecular weight is 316 g/mol. The van der Waals surface area contributed by atoms with Gasteiger partial charge in [0, 0.05) is 7.05 Å². The Balaban J connectivity index is 2.16. The van der Waals surface area contributed by atoms with Gasteiger partial charge in [0.05, 0.1) is 11.0 Å². The van der Waals surface area contributed by atoms with Gasteiger partial charge in [0.1, 0.15) is 17.9 Å². The van der Waals surface area contributed by atoms with Crippen molar-refractivity contribution in [2.75, 3.05) is 7.05 Å². The number of nitro groups is 1. The molecule has 1 atom stereocenters. The first-order valence-electron chi connectivity index (χ1n) is 7.32. The number of likely N-dealkylation sites (N-methyl/N-ethyl adjacent to an activating group) is 1. The number of hydrogen-bond donors (Lipinski definition) is 0. The van der Waals surface area contributed by atoms with Crippen LogP contribution < -0.4 is 0 Å². The molecule has 0 N–H and O–H groups in total. The first-order valence-corrected chi connectivity index (χ1v) is 7.32. The average Bonchev–Trinajstić information content (AvgIpc) is 2.80. The van der Waals surface area contributed by atoms with E-state index >= 15 is 0 Å². The lowest BCUT2D eigenvalue weighted by Crippen LogP contribution is -2.33. The van der Waals surface area contributed by atoms with Crippen molar-refractivity contribution in [3.63, 3.8) is 0 Å². The Kier molecular flexibility index (Phi) is 4.78. The molecule has 0 spiro atoms. The van der Waals surface area contributed by atoms with Crippen LogP contribution in [0.25, 0.3) is 0 Å². The van der Waals surface area contributed by atoms with E-state index in [0.29, 0.717) is 11.4 Å². The second-order valence-electron chi connectivity index (χ2n) is 5.53. The van der Waals surface area contributed by atoms with Gasteiger partial charge in [-0.1, -0.05) is 30.3 Å². The van der Waals surface area contributed by atoms with Crippen LogP contribution >= 0.6 is 0 Å². The van der Waals surface area contributed by atoms with E-state index in [9.17, 15) is 14.9 Å². The molecule has 0 aliphatic heterocycles. The third kappa shape index (κ3) is 3.39. The van der Waals surface area contributed by atoms with Gasteiger partial charge in [-0.15, -0.1) is 0 Å². The summed E-state index contributed by atoms with van der Waals surface area (Å²) >= 11 is 0. The fraction of sp³-hybridized carbons (Fsp3) is 0.375. The highest BCUT2D eigenvalue weighted by atomic mass is 16.6. The van der Waals surface area contributed by atoms with Gasteiger partial charge < -0.3 is 4.90 Å². The van der Waals surface area contributed by atoms with Crippen LogP contribution in [0.1, 0.15) is 29.9 Å². The SMILES string of the molecule is Cc1nn(CC(=O)N(C)[C@H](C)c2ccccc2)c(C)c1[N+](=O)[O-]. The van der Waals surface area contributed by atoms with Crippen molar-refractivity contribution in [2.24, 2.45) is 0 Å². The molecule has 7 heteroatoms. The van der Waals surface area contributed by atoms with E-state index in [1.807, 2.05) is 37.3 Å². The summed E-state index contributed by atoms with van der Waals surface area (Å²) in [4.78, 5) is 24.7. The predicted octanol–water partition coefficient (Wildman–Crippen LogP) is 2.63. The molecule has 122 valence electrons. The van der Waals surface area contributed by atoms with E-state index in [1.165, 1.54) is 4.68 Å².